The second-order valence-corrected chi connectivity index (χ2v) is 5.87. The molecule has 118 valence electrons. The monoisotopic (exact) mass is 312 g/mol. The molecule has 0 unspecified atom stereocenters. The van der Waals surface area contributed by atoms with Gasteiger partial charge in [-0.3, -0.25) is 0 Å². The molecule has 0 saturated heterocycles. The van der Waals surface area contributed by atoms with Gasteiger partial charge in [0, 0.05) is 11.3 Å². The van der Waals surface area contributed by atoms with Crippen molar-refractivity contribution < 1.29 is 14.3 Å². The predicted octanol–water partition coefficient (Wildman–Crippen LogP) is 4.27. The Labute approximate surface area is 133 Å². The van der Waals surface area contributed by atoms with Crippen LogP contribution in [0.2, 0.25) is 0 Å². The molecule has 2 heterocycles. The Morgan fingerprint density at radius 3 is 2.39 bits per heavy atom. The summed E-state index contributed by atoms with van der Waals surface area (Å²) in [6.45, 7) is 5.74. The van der Waals surface area contributed by atoms with Crippen LogP contribution in [0.4, 0.5) is 4.39 Å². The maximum Gasteiger partial charge on any atom is 0.338 e. The molecule has 3 rings (SSSR count). The number of aromatic carboxylic acids is 1. The number of halogens is 1. The van der Waals surface area contributed by atoms with E-state index >= 15 is 0 Å². The highest BCUT2D eigenvalue weighted by Gasteiger charge is 2.24. The minimum atomic E-state index is -1.03. The zero-order valence-corrected chi connectivity index (χ0v) is 13.2. The lowest BCUT2D eigenvalue weighted by atomic mass is 9.94. The first-order valence-corrected chi connectivity index (χ1v) is 7.41. The van der Waals surface area contributed by atoms with Crippen molar-refractivity contribution in [3.8, 4) is 11.1 Å². The van der Waals surface area contributed by atoms with Crippen LogP contribution in [0.25, 0.3) is 16.6 Å². The van der Waals surface area contributed by atoms with Crippen molar-refractivity contribution in [1.82, 2.24) is 9.61 Å². The SMILES string of the molecule is Cc1ccc2c(-c3ccc(F)cc3)c(C(=O)O)c(C(C)C)nn12. The Morgan fingerprint density at radius 1 is 1.17 bits per heavy atom. The largest absolute Gasteiger partial charge is 0.478 e. The van der Waals surface area contributed by atoms with Crippen LogP contribution >= 0.6 is 0 Å². The quantitative estimate of drug-likeness (QED) is 0.785. The van der Waals surface area contributed by atoms with E-state index in [-0.39, 0.29) is 17.3 Å². The summed E-state index contributed by atoms with van der Waals surface area (Å²) in [5, 5.41) is 14.3. The maximum absolute atomic E-state index is 13.3. The lowest BCUT2D eigenvalue weighted by Gasteiger charge is -2.16. The second-order valence-electron chi connectivity index (χ2n) is 5.87. The van der Waals surface area contributed by atoms with Crippen molar-refractivity contribution in [2.75, 3.05) is 0 Å². The number of carbonyl (C=O) groups is 1. The molecule has 0 radical (unpaired) electrons. The fraction of sp³-hybridized carbons (Fsp3) is 0.222. The number of carboxylic acids is 1. The van der Waals surface area contributed by atoms with Gasteiger partial charge in [-0.1, -0.05) is 26.0 Å². The van der Waals surface area contributed by atoms with Crippen LogP contribution < -0.4 is 0 Å². The summed E-state index contributed by atoms with van der Waals surface area (Å²) in [5.74, 6) is -1.43. The van der Waals surface area contributed by atoms with Gasteiger partial charge in [-0.2, -0.15) is 5.10 Å². The van der Waals surface area contributed by atoms with Gasteiger partial charge in [-0.05, 0) is 42.7 Å². The molecular weight excluding hydrogens is 295 g/mol. The van der Waals surface area contributed by atoms with E-state index in [2.05, 4.69) is 5.10 Å². The standard InChI is InChI=1S/C18H17FN2O2/c1-10(2)17-16(18(22)23)15(12-5-7-13(19)8-6-12)14-9-4-11(3)21(14)20-17/h4-10H,1-3H3,(H,22,23). The van der Waals surface area contributed by atoms with E-state index in [1.165, 1.54) is 12.1 Å². The van der Waals surface area contributed by atoms with E-state index in [1.807, 2.05) is 32.9 Å². The zero-order valence-electron chi connectivity index (χ0n) is 13.2. The molecule has 0 aliphatic rings. The number of hydrogen-bond donors (Lipinski definition) is 1. The number of fused-ring (bicyclic) bond motifs is 1. The third-order valence-electron chi connectivity index (χ3n) is 3.91. The van der Waals surface area contributed by atoms with Gasteiger partial charge < -0.3 is 5.11 Å². The van der Waals surface area contributed by atoms with E-state index in [0.717, 1.165) is 5.69 Å². The van der Waals surface area contributed by atoms with Gasteiger partial charge in [0.2, 0.25) is 0 Å². The van der Waals surface area contributed by atoms with Crippen LogP contribution in [0.5, 0.6) is 0 Å². The van der Waals surface area contributed by atoms with Crippen molar-refractivity contribution in [3.05, 3.63) is 59.2 Å². The van der Waals surface area contributed by atoms with Crippen LogP contribution in [0.1, 0.15) is 41.5 Å². The molecule has 1 N–H and O–H groups in total. The van der Waals surface area contributed by atoms with E-state index in [9.17, 15) is 14.3 Å². The summed E-state index contributed by atoms with van der Waals surface area (Å²) in [4.78, 5) is 11.9. The average Bonchev–Trinajstić information content (AvgIpc) is 2.87. The van der Waals surface area contributed by atoms with Crippen molar-refractivity contribution in [2.24, 2.45) is 0 Å². The summed E-state index contributed by atoms with van der Waals surface area (Å²) in [5.41, 5.74) is 3.56. The molecule has 4 nitrogen and oxygen atoms in total. The van der Waals surface area contributed by atoms with Crippen LogP contribution in [-0.2, 0) is 0 Å². The predicted molar refractivity (Wildman–Crippen MR) is 86.4 cm³/mol. The molecule has 0 bridgehead atoms. The second kappa shape index (κ2) is 5.50. The molecule has 0 aliphatic carbocycles. The topological polar surface area (TPSA) is 54.6 Å². The molecule has 0 spiro atoms. The lowest BCUT2D eigenvalue weighted by Crippen LogP contribution is -2.13. The summed E-state index contributed by atoms with van der Waals surface area (Å²) in [6.07, 6.45) is 0. The van der Waals surface area contributed by atoms with Crippen LogP contribution in [0, 0.1) is 12.7 Å². The highest BCUT2D eigenvalue weighted by molar-refractivity contribution is 6.02. The van der Waals surface area contributed by atoms with Crippen molar-refractivity contribution in [3.63, 3.8) is 0 Å². The van der Waals surface area contributed by atoms with Gasteiger partial charge in [0.1, 0.15) is 5.82 Å². The van der Waals surface area contributed by atoms with Crippen molar-refractivity contribution in [2.45, 2.75) is 26.7 Å². The molecule has 23 heavy (non-hydrogen) atoms. The smallest absolute Gasteiger partial charge is 0.338 e. The van der Waals surface area contributed by atoms with Gasteiger partial charge >= 0.3 is 5.97 Å². The third kappa shape index (κ3) is 2.48. The molecule has 0 fully saturated rings. The third-order valence-corrected chi connectivity index (χ3v) is 3.91. The van der Waals surface area contributed by atoms with Crippen LogP contribution in [0.15, 0.2) is 36.4 Å². The minimum Gasteiger partial charge on any atom is -0.478 e. The Hall–Kier alpha value is -2.69. The number of aromatic nitrogens is 2. The van der Waals surface area contributed by atoms with Gasteiger partial charge in [-0.15, -0.1) is 0 Å². The Kier molecular flexibility index (Phi) is 3.64. The van der Waals surface area contributed by atoms with Gasteiger partial charge in [-0.25, -0.2) is 13.7 Å². The minimum absolute atomic E-state index is 0.0495. The van der Waals surface area contributed by atoms with Crippen LogP contribution in [0.3, 0.4) is 0 Å². The molecule has 0 atom stereocenters. The maximum atomic E-state index is 13.3. The Balaban J connectivity index is 2.47. The van der Waals surface area contributed by atoms with Crippen molar-refractivity contribution in [1.29, 1.82) is 0 Å². The number of nitrogens with zero attached hydrogens (tertiary/aromatic N) is 2. The summed E-state index contributed by atoms with van der Waals surface area (Å²) in [7, 11) is 0. The first-order chi connectivity index (χ1) is 10.9. The van der Waals surface area contributed by atoms with Gasteiger partial charge in [0.25, 0.3) is 0 Å². The molecule has 0 amide bonds. The van der Waals surface area contributed by atoms with E-state index < -0.39 is 5.97 Å². The summed E-state index contributed by atoms with van der Waals surface area (Å²) < 4.78 is 15.0. The first kappa shape index (κ1) is 15.2. The molecule has 0 saturated carbocycles. The molecule has 3 aromatic rings. The van der Waals surface area contributed by atoms with Crippen molar-refractivity contribution >= 4 is 11.5 Å². The Bertz CT molecular complexity index is 896. The fourth-order valence-electron chi connectivity index (χ4n) is 2.80. The fourth-order valence-corrected chi connectivity index (χ4v) is 2.80. The van der Waals surface area contributed by atoms with Crippen LogP contribution in [-0.4, -0.2) is 20.7 Å². The Morgan fingerprint density at radius 2 is 1.83 bits per heavy atom. The van der Waals surface area contributed by atoms with Gasteiger partial charge in [0.15, 0.2) is 0 Å². The van der Waals surface area contributed by atoms with E-state index in [1.54, 1.807) is 16.6 Å². The number of carboxylic acid groups (broad SMARTS) is 1. The molecule has 1 aromatic carbocycles. The molecule has 5 heteroatoms. The highest BCUT2D eigenvalue weighted by Crippen LogP contribution is 2.33. The molecule has 2 aromatic heterocycles. The number of benzene rings is 1. The first-order valence-electron chi connectivity index (χ1n) is 7.41. The summed E-state index contributed by atoms with van der Waals surface area (Å²) >= 11 is 0. The summed E-state index contributed by atoms with van der Waals surface area (Å²) in [6, 6.07) is 9.61. The van der Waals surface area contributed by atoms with Gasteiger partial charge in [0.05, 0.1) is 16.8 Å². The number of aryl methyl sites for hydroxylation is 1. The van der Waals surface area contributed by atoms with E-state index in [4.69, 9.17) is 0 Å². The van der Waals surface area contributed by atoms with E-state index in [0.29, 0.717) is 22.3 Å². The normalized spacial score (nSPS) is 11.3. The lowest BCUT2D eigenvalue weighted by molar-refractivity contribution is 0.0695. The molecular formula is C18H17FN2O2. The molecule has 0 aliphatic heterocycles. The zero-order chi connectivity index (χ0) is 16.7. The average molecular weight is 312 g/mol. The highest BCUT2D eigenvalue weighted by atomic mass is 19.1. The number of rotatable bonds is 3. The number of hydrogen-bond acceptors (Lipinski definition) is 2.